The first-order chi connectivity index (χ1) is 10.6. The van der Waals surface area contributed by atoms with Crippen LogP contribution < -0.4 is 0 Å². The number of nitrogens with zero attached hydrogens (tertiary/aromatic N) is 1. The van der Waals surface area contributed by atoms with Gasteiger partial charge >= 0.3 is 0 Å². The summed E-state index contributed by atoms with van der Waals surface area (Å²) >= 11 is 6.10. The van der Waals surface area contributed by atoms with E-state index in [1.54, 1.807) is 12.1 Å². The maximum Gasteiger partial charge on any atom is 0.129 e. The first-order valence-electron chi connectivity index (χ1n) is 8.01. The SMILES string of the molecule is CCOC1CC(O)C12CCN(Cc1c(F)cccc1Cl)CC2. The summed E-state index contributed by atoms with van der Waals surface area (Å²) in [4.78, 5) is 2.21. The highest BCUT2D eigenvalue weighted by atomic mass is 35.5. The Bertz CT molecular complexity index is 509. The van der Waals surface area contributed by atoms with Crippen LogP contribution in [0.3, 0.4) is 0 Å². The third kappa shape index (κ3) is 2.78. The summed E-state index contributed by atoms with van der Waals surface area (Å²) in [6, 6.07) is 4.81. The standard InChI is InChI=1S/C17H23ClFNO2/c1-2-22-16-10-15(21)17(16)6-8-20(9-7-17)11-12-13(18)4-3-5-14(12)19/h3-5,15-16,21H,2,6-11H2,1H3. The third-order valence-electron chi connectivity index (χ3n) is 5.34. The molecule has 1 heterocycles. The number of piperidine rings is 1. The van der Waals surface area contributed by atoms with Crippen LogP contribution in [-0.2, 0) is 11.3 Å². The molecule has 1 spiro atoms. The molecule has 122 valence electrons. The molecular weight excluding hydrogens is 305 g/mol. The third-order valence-corrected chi connectivity index (χ3v) is 5.69. The minimum absolute atomic E-state index is 0.0917. The van der Waals surface area contributed by atoms with Gasteiger partial charge in [-0.15, -0.1) is 0 Å². The van der Waals surface area contributed by atoms with Crippen molar-refractivity contribution in [1.29, 1.82) is 0 Å². The number of halogens is 2. The topological polar surface area (TPSA) is 32.7 Å². The summed E-state index contributed by atoms with van der Waals surface area (Å²) in [5.74, 6) is -0.247. The van der Waals surface area contributed by atoms with Crippen LogP contribution in [0.2, 0.25) is 5.02 Å². The minimum Gasteiger partial charge on any atom is -0.392 e. The first kappa shape index (κ1) is 16.2. The maximum absolute atomic E-state index is 13.9. The van der Waals surface area contributed by atoms with Crippen molar-refractivity contribution < 1.29 is 14.2 Å². The van der Waals surface area contributed by atoms with Crippen molar-refractivity contribution in [3.8, 4) is 0 Å². The largest absolute Gasteiger partial charge is 0.392 e. The van der Waals surface area contributed by atoms with E-state index >= 15 is 0 Å². The summed E-state index contributed by atoms with van der Waals surface area (Å²) < 4.78 is 19.7. The van der Waals surface area contributed by atoms with Gasteiger partial charge in [0.1, 0.15) is 5.82 Å². The molecule has 22 heavy (non-hydrogen) atoms. The monoisotopic (exact) mass is 327 g/mol. The van der Waals surface area contributed by atoms with Crippen molar-refractivity contribution in [2.75, 3.05) is 19.7 Å². The van der Waals surface area contributed by atoms with Crippen molar-refractivity contribution in [2.45, 2.75) is 44.9 Å². The first-order valence-corrected chi connectivity index (χ1v) is 8.39. The molecule has 1 saturated carbocycles. The second kappa shape index (κ2) is 6.44. The van der Waals surface area contributed by atoms with Gasteiger partial charge in [-0.3, -0.25) is 4.90 Å². The lowest BCUT2D eigenvalue weighted by Gasteiger charge is -2.56. The zero-order valence-electron chi connectivity index (χ0n) is 12.9. The van der Waals surface area contributed by atoms with Gasteiger partial charge in [0.25, 0.3) is 0 Å². The van der Waals surface area contributed by atoms with Crippen LogP contribution >= 0.6 is 11.6 Å². The van der Waals surface area contributed by atoms with Gasteiger partial charge in [0.2, 0.25) is 0 Å². The van der Waals surface area contributed by atoms with Crippen LogP contribution in [0.1, 0.15) is 31.7 Å². The van der Waals surface area contributed by atoms with E-state index in [9.17, 15) is 9.50 Å². The molecule has 1 aromatic rings. The zero-order chi connectivity index (χ0) is 15.7. The lowest BCUT2D eigenvalue weighted by Crippen LogP contribution is -2.62. The van der Waals surface area contributed by atoms with Crippen LogP contribution in [0.5, 0.6) is 0 Å². The zero-order valence-corrected chi connectivity index (χ0v) is 13.7. The summed E-state index contributed by atoms with van der Waals surface area (Å²) in [5, 5.41) is 10.7. The Hall–Kier alpha value is -0.680. The smallest absolute Gasteiger partial charge is 0.129 e. The number of rotatable bonds is 4. The molecule has 5 heteroatoms. The van der Waals surface area contributed by atoms with E-state index in [-0.39, 0.29) is 23.4 Å². The molecule has 2 fully saturated rings. The number of aliphatic hydroxyl groups excluding tert-OH is 1. The minimum atomic E-state index is -0.261. The van der Waals surface area contributed by atoms with E-state index in [0.29, 0.717) is 23.7 Å². The lowest BCUT2D eigenvalue weighted by atomic mass is 9.58. The second-order valence-corrected chi connectivity index (χ2v) is 6.81. The number of likely N-dealkylation sites (tertiary alicyclic amines) is 1. The van der Waals surface area contributed by atoms with E-state index in [1.807, 2.05) is 6.92 Å². The van der Waals surface area contributed by atoms with Gasteiger partial charge in [-0.1, -0.05) is 17.7 Å². The molecule has 0 amide bonds. The molecule has 2 aliphatic rings. The molecular formula is C17H23ClFNO2. The number of hydrogen-bond donors (Lipinski definition) is 1. The number of benzene rings is 1. The highest BCUT2D eigenvalue weighted by molar-refractivity contribution is 6.31. The van der Waals surface area contributed by atoms with Crippen LogP contribution in [0.25, 0.3) is 0 Å². The van der Waals surface area contributed by atoms with Crippen molar-refractivity contribution in [1.82, 2.24) is 4.90 Å². The van der Waals surface area contributed by atoms with Gasteiger partial charge in [0.05, 0.1) is 12.2 Å². The summed E-state index contributed by atoms with van der Waals surface area (Å²) in [5.41, 5.74) is 0.474. The van der Waals surface area contributed by atoms with E-state index < -0.39 is 0 Å². The average molecular weight is 328 g/mol. The molecule has 0 aromatic heterocycles. The maximum atomic E-state index is 13.9. The number of ether oxygens (including phenoxy) is 1. The van der Waals surface area contributed by atoms with Crippen molar-refractivity contribution in [3.63, 3.8) is 0 Å². The van der Waals surface area contributed by atoms with Crippen LogP contribution in [0, 0.1) is 11.2 Å². The predicted octanol–water partition coefficient (Wildman–Crippen LogP) is 3.23. The molecule has 1 aliphatic heterocycles. The summed E-state index contributed by atoms with van der Waals surface area (Å²) in [7, 11) is 0. The summed E-state index contributed by atoms with van der Waals surface area (Å²) in [6.45, 7) is 4.88. The van der Waals surface area contributed by atoms with E-state index in [1.165, 1.54) is 6.07 Å². The molecule has 3 rings (SSSR count). The van der Waals surface area contributed by atoms with Crippen molar-refractivity contribution in [3.05, 3.63) is 34.6 Å². The molecule has 1 aliphatic carbocycles. The number of hydrogen-bond acceptors (Lipinski definition) is 3. The Balaban J connectivity index is 1.62. The van der Waals surface area contributed by atoms with E-state index in [4.69, 9.17) is 16.3 Å². The van der Waals surface area contributed by atoms with Crippen LogP contribution in [0.4, 0.5) is 4.39 Å². The normalized spacial score (nSPS) is 27.8. The van der Waals surface area contributed by atoms with Gasteiger partial charge in [-0.2, -0.15) is 0 Å². The highest BCUT2D eigenvalue weighted by Gasteiger charge is 2.55. The number of aliphatic hydroxyl groups is 1. The molecule has 3 nitrogen and oxygen atoms in total. The molecule has 2 unspecified atom stereocenters. The fraction of sp³-hybridized carbons (Fsp3) is 0.647. The Labute approximate surface area is 136 Å². The van der Waals surface area contributed by atoms with Gasteiger partial charge in [0, 0.05) is 35.6 Å². The molecule has 0 bridgehead atoms. The Morgan fingerprint density at radius 2 is 2.14 bits per heavy atom. The lowest BCUT2D eigenvalue weighted by molar-refractivity contribution is -0.209. The van der Waals surface area contributed by atoms with Crippen molar-refractivity contribution >= 4 is 11.6 Å². The summed E-state index contributed by atoms with van der Waals surface area (Å²) in [6.07, 6.45) is 2.44. The molecule has 1 saturated heterocycles. The predicted molar refractivity (Wildman–Crippen MR) is 84.4 cm³/mol. The van der Waals surface area contributed by atoms with Crippen LogP contribution in [-0.4, -0.2) is 41.9 Å². The van der Waals surface area contributed by atoms with E-state index in [2.05, 4.69) is 4.90 Å². The van der Waals surface area contributed by atoms with Gasteiger partial charge in [-0.05, 0) is 45.0 Å². The second-order valence-electron chi connectivity index (χ2n) is 6.41. The quantitative estimate of drug-likeness (QED) is 0.921. The Morgan fingerprint density at radius 1 is 1.41 bits per heavy atom. The van der Waals surface area contributed by atoms with Crippen molar-refractivity contribution in [2.24, 2.45) is 5.41 Å². The highest BCUT2D eigenvalue weighted by Crippen LogP contribution is 2.51. The average Bonchev–Trinajstić information content (AvgIpc) is 2.51. The van der Waals surface area contributed by atoms with Gasteiger partial charge in [-0.25, -0.2) is 4.39 Å². The Morgan fingerprint density at radius 3 is 2.73 bits per heavy atom. The molecule has 1 aromatic carbocycles. The van der Waals surface area contributed by atoms with Gasteiger partial charge < -0.3 is 9.84 Å². The fourth-order valence-corrected chi connectivity index (χ4v) is 4.07. The Kier molecular flexibility index (Phi) is 4.74. The molecule has 1 N–H and O–H groups in total. The molecule has 2 atom stereocenters. The fourth-order valence-electron chi connectivity index (χ4n) is 3.85. The molecule has 0 radical (unpaired) electrons. The van der Waals surface area contributed by atoms with E-state index in [0.717, 1.165) is 32.4 Å². The van der Waals surface area contributed by atoms with Gasteiger partial charge in [0.15, 0.2) is 0 Å². The van der Waals surface area contributed by atoms with Crippen LogP contribution in [0.15, 0.2) is 18.2 Å².